The summed E-state index contributed by atoms with van der Waals surface area (Å²) in [6.07, 6.45) is 4.05. The molecule has 0 aromatic heterocycles. The molecule has 0 aliphatic carbocycles. The molecule has 2 aromatic carbocycles. The van der Waals surface area contributed by atoms with E-state index in [1.807, 2.05) is 56.4 Å². The predicted molar refractivity (Wildman–Crippen MR) is 98.3 cm³/mol. The van der Waals surface area contributed by atoms with Crippen LogP contribution in [-0.4, -0.2) is 26.4 Å². The van der Waals surface area contributed by atoms with E-state index in [2.05, 4.69) is 4.90 Å². The van der Waals surface area contributed by atoms with Crippen LogP contribution in [0, 0.1) is 13.8 Å². The molecule has 0 radical (unpaired) electrons. The lowest BCUT2D eigenvalue weighted by atomic mass is 10.1. The molecular formula is C20H23NO2S. The van der Waals surface area contributed by atoms with Crippen LogP contribution < -0.4 is 0 Å². The van der Waals surface area contributed by atoms with E-state index in [0.29, 0.717) is 9.80 Å². The second-order valence-corrected chi connectivity index (χ2v) is 8.34. The van der Waals surface area contributed by atoms with E-state index in [1.165, 1.54) is 0 Å². The summed E-state index contributed by atoms with van der Waals surface area (Å²) in [7, 11) is -3.55. The molecule has 1 aliphatic heterocycles. The van der Waals surface area contributed by atoms with Gasteiger partial charge in [-0.25, -0.2) is 8.42 Å². The number of hydrogen-bond acceptors (Lipinski definition) is 3. The van der Waals surface area contributed by atoms with Crippen LogP contribution in [0.2, 0.25) is 0 Å². The lowest BCUT2D eigenvalue weighted by Gasteiger charge is -2.16. The van der Waals surface area contributed by atoms with E-state index in [1.54, 1.807) is 12.1 Å². The Morgan fingerprint density at radius 2 is 1.38 bits per heavy atom. The van der Waals surface area contributed by atoms with Gasteiger partial charge in [0.1, 0.15) is 0 Å². The Balaban J connectivity index is 2.09. The number of sulfone groups is 1. The number of nitrogens with zero attached hydrogens (tertiary/aromatic N) is 1. The molecule has 24 heavy (non-hydrogen) atoms. The Kier molecular flexibility index (Phi) is 4.76. The van der Waals surface area contributed by atoms with E-state index >= 15 is 0 Å². The van der Waals surface area contributed by atoms with E-state index in [4.69, 9.17) is 0 Å². The van der Waals surface area contributed by atoms with Gasteiger partial charge in [0, 0.05) is 19.3 Å². The van der Waals surface area contributed by atoms with Crippen molar-refractivity contribution in [1.82, 2.24) is 4.90 Å². The van der Waals surface area contributed by atoms with Gasteiger partial charge in [-0.05, 0) is 44.4 Å². The minimum atomic E-state index is -3.55. The third-order valence-electron chi connectivity index (χ3n) is 4.40. The Hall–Kier alpha value is -2.07. The van der Waals surface area contributed by atoms with Crippen molar-refractivity contribution in [3.63, 3.8) is 0 Å². The van der Waals surface area contributed by atoms with Crippen LogP contribution in [0.4, 0.5) is 0 Å². The predicted octanol–water partition coefficient (Wildman–Crippen LogP) is 4.17. The van der Waals surface area contributed by atoms with Gasteiger partial charge in [-0.2, -0.15) is 0 Å². The summed E-state index contributed by atoms with van der Waals surface area (Å²) in [5.41, 5.74) is 2.91. The summed E-state index contributed by atoms with van der Waals surface area (Å²) in [4.78, 5) is 2.84. The molecule has 0 amide bonds. The molecule has 1 fully saturated rings. The zero-order valence-electron chi connectivity index (χ0n) is 14.2. The summed E-state index contributed by atoms with van der Waals surface area (Å²) in [6, 6.07) is 14.8. The summed E-state index contributed by atoms with van der Waals surface area (Å²) in [6.45, 7) is 5.79. The summed E-state index contributed by atoms with van der Waals surface area (Å²) in [5, 5.41) is 0. The molecule has 0 atom stereocenters. The van der Waals surface area contributed by atoms with Gasteiger partial charge in [0.2, 0.25) is 9.84 Å². The molecule has 1 heterocycles. The monoisotopic (exact) mass is 341 g/mol. The van der Waals surface area contributed by atoms with Crippen LogP contribution in [0.15, 0.2) is 59.6 Å². The first-order valence-electron chi connectivity index (χ1n) is 8.31. The van der Waals surface area contributed by atoms with E-state index in [9.17, 15) is 8.42 Å². The van der Waals surface area contributed by atoms with Crippen LogP contribution in [0.25, 0.3) is 4.91 Å². The zero-order chi connectivity index (χ0) is 17.2. The lowest BCUT2D eigenvalue weighted by Crippen LogP contribution is -2.15. The van der Waals surface area contributed by atoms with Crippen molar-refractivity contribution in [2.45, 2.75) is 31.6 Å². The number of aryl methyl sites for hydroxylation is 2. The van der Waals surface area contributed by atoms with Crippen molar-refractivity contribution in [3.8, 4) is 0 Å². The first-order chi connectivity index (χ1) is 11.5. The molecule has 1 saturated heterocycles. The first-order valence-corrected chi connectivity index (χ1v) is 9.80. The highest BCUT2D eigenvalue weighted by atomic mass is 32.2. The summed E-state index contributed by atoms with van der Waals surface area (Å²) in [5.74, 6) is 0. The normalized spacial score (nSPS) is 15.8. The smallest absolute Gasteiger partial charge is 0.208 e. The molecular weight excluding hydrogens is 318 g/mol. The standard InChI is InChI=1S/C20H23NO2S/c1-16-5-9-18(10-6-16)20(15-21-13-3-4-14-21)24(22,23)19-11-7-17(2)8-12-19/h5-12,15H,3-4,13-14H2,1-2H3/b20-15+. The Labute approximate surface area is 144 Å². The van der Waals surface area contributed by atoms with Crippen molar-refractivity contribution >= 4 is 14.7 Å². The van der Waals surface area contributed by atoms with E-state index in [0.717, 1.165) is 42.6 Å². The van der Waals surface area contributed by atoms with Gasteiger partial charge >= 0.3 is 0 Å². The van der Waals surface area contributed by atoms with Gasteiger partial charge in [-0.15, -0.1) is 0 Å². The molecule has 0 spiro atoms. The fourth-order valence-electron chi connectivity index (χ4n) is 2.90. The topological polar surface area (TPSA) is 37.4 Å². The second-order valence-electron chi connectivity index (χ2n) is 6.42. The molecule has 1 aliphatic rings. The fourth-order valence-corrected chi connectivity index (χ4v) is 4.38. The average molecular weight is 341 g/mol. The quantitative estimate of drug-likeness (QED) is 0.837. The third-order valence-corrected chi connectivity index (χ3v) is 6.21. The van der Waals surface area contributed by atoms with Crippen molar-refractivity contribution in [3.05, 3.63) is 71.4 Å². The highest BCUT2D eigenvalue weighted by Gasteiger charge is 2.24. The molecule has 0 N–H and O–H groups in total. The van der Waals surface area contributed by atoms with Crippen LogP contribution in [-0.2, 0) is 9.84 Å². The maximum Gasteiger partial charge on any atom is 0.208 e. The molecule has 0 bridgehead atoms. The first kappa shape index (κ1) is 16.8. The highest BCUT2D eigenvalue weighted by Crippen LogP contribution is 2.29. The van der Waals surface area contributed by atoms with E-state index in [-0.39, 0.29) is 0 Å². The van der Waals surface area contributed by atoms with Crippen LogP contribution >= 0.6 is 0 Å². The molecule has 3 nitrogen and oxygen atoms in total. The van der Waals surface area contributed by atoms with Gasteiger partial charge in [-0.1, -0.05) is 47.5 Å². The van der Waals surface area contributed by atoms with Crippen molar-refractivity contribution in [1.29, 1.82) is 0 Å². The molecule has 0 saturated carbocycles. The third kappa shape index (κ3) is 3.54. The SMILES string of the molecule is Cc1ccc(/C(=C\N2CCCC2)S(=O)(=O)c2ccc(C)cc2)cc1. The van der Waals surface area contributed by atoms with E-state index < -0.39 is 9.84 Å². The minimum Gasteiger partial charge on any atom is -0.376 e. The largest absolute Gasteiger partial charge is 0.376 e. The zero-order valence-corrected chi connectivity index (χ0v) is 15.0. The number of hydrogen-bond donors (Lipinski definition) is 0. The average Bonchev–Trinajstić information content (AvgIpc) is 3.07. The van der Waals surface area contributed by atoms with Gasteiger partial charge in [0.25, 0.3) is 0 Å². The molecule has 3 rings (SSSR count). The number of benzene rings is 2. The Bertz CT molecular complexity index is 828. The fraction of sp³-hybridized carbons (Fsp3) is 0.300. The molecule has 0 unspecified atom stereocenters. The van der Waals surface area contributed by atoms with Gasteiger partial charge in [0.05, 0.1) is 9.80 Å². The van der Waals surface area contributed by atoms with Crippen LogP contribution in [0.5, 0.6) is 0 Å². The minimum absolute atomic E-state index is 0.346. The number of likely N-dealkylation sites (tertiary alicyclic amines) is 1. The Morgan fingerprint density at radius 1 is 0.875 bits per heavy atom. The highest BCUT2D eigenvalue weighted by molar-refractivity contribution is 8.00. The van der Waals surface area contributed by atoms with Gasteiger partial charge in [-0.3, -0.25) is 0 Å². The maximum atomic E-state index is 13.2. The lowest BCUT2D eigenvalue weighted by molar-refractivity contribution is 0.470. The molecule has 4 heteroatoms. The van der Waals surface area contributed by atoms with Gasteiger partial charge < -0.3 is 4.90 Å². The summed E-state index contributed by atoms with van der Waals surface area (Å²) < 4.78 is 26.4. The molecule has 2 aromatic rings. The van der Waals surface area contributed by atoms with Crippen molar-refractivity contribution in [2.75, 3.05) is 13.1 Å². The van der Waals surface area contributed by atoms with Crippen molar-refractivity contribution < 1.29 is 8.42 Å². The number of rotatable bonds is 4. The molecule has 126 valence electrons. The second kappa shape index (κ2) is 6.81. The van der Waals surface area contributed by atoms with Crippen molar-refractivity contribution in [2.24, 2.45) is 0 Å². The maximum absolute atomic E-state index is 13.2. The van der Waals surface area contributed by atoms with Gasteiger partial charge in [0.15, 0.2) is 0 Å². The Morgan fingerprint density at radius 3 is 1.92 bits per heavy atom. The van der Waals surface area contributed by atoms with Crippen LogP contribution in [0.1, 0.15) is 29.5 Å². The van der Waals surface area contributed by atoms with Crippen LogP contribution in [0.3, 0.4) is 0 Å². The summed E-state index contributed by atoms with van der Waals surface area (Å²) >= 11 is 0.